The molecule has 1 aromatic carbocycles. The third-order valence-electron chi connectivity index (χ3n) is 2.75. The fourth-order valence-corrected chi connectivity index (χ4v) is 3.11. The molecule has 0 aromatic heterocycles. The summed E-state index contributed by atoms with van der Waals surface area (Å²) in [7, 11) is -3.54. The van der Waals surface area contributed by atoms with Crippen LogP contribution in [-0.2, 0) is 10.0 Å². The van der Waals surface area contributed by atoms with Crippen molar-refractivity contribution in [3.63, 3.8) is 0 Å². The predicted molar refractivity (Wildman–Crippen MR) is 79.9 cm³/mol. The highest BCUT2D eigenvalue weighted by Crippen LogP contribution is 2.26. The molecule has 0 spiro atoms. The van der Waals surface area contributed by atoms with E-state index in [4.69, 9.17) is 17.3 Å². The zero-order valence-corrected chi connectivity index (χ0v) is 13.3. The minimum atomic E-state index is -3.54. The molecule has 1 rings (SSSR count). The second kappa shape index (κ2) is 5.69. The molecule has 0 saturated carbocycles. The van der Waals surface area contributed by atoms with Gasteiger partial charge in [-0.1, -0.05) is 32.4 Å². The van der Waals surface area contributed by atoms with Gasteiger partial charge in [-0.15, -0.1) is 0 Å². The maximum Gasteiger partial charge on any atom is 0.240 e. The van der Waals surface area contributed by atoms with Crippen LogP contribution in [0.2, 0.25) is 5.02 Å². The Balaban J connectivity index is 2.92. The molecule has 0 saturated heterocycles. The predicted octanol–water partition coefficient (Wildman–Crippen LogP) is 2.95. The minimum Gasteiger partial charge on any atom is -0.397 e. The summed E-state index contributed by atoms with van der Waals surface area (Å²) in [5.74, 6) is 0. The van der Waals surface area contributed by atoms with Crippen molar-refractivity contribution >= 4 is 27.3 Å². The molecule has 19 heavy (non-hydrogen) atoms. The number of nitrogen functional groups attached to an aromatic ring is 1. The Kier molecular flexibility index (Phi) is 4.87. The highest BCUT2D eigenvalue weighted by atomic mass is 35.5. The molecule has 0 aliphatic rings. The van der Waals surface area contributed by atoms with Gasteiger partial charge in [0.2, 0.25) is 10.0 Å². The first kappa shape index (κ1) is 16.3. The van der Waals surface area contributed by atoms with Crippen LogP contribution in [0.1, 0.15) is 32.8 Å². The molecule has 0 heterocycles. The molecule has 0 bridgehead atoms. The Hall–Kier alpha value is -0.780. The van der Waals surface area contributed by atoms with Crippen LogP contribution in [0.5, 0.6) is 0 Å². The molecule has 108 valence electrons. The van der Waals surface area contributed by atoms with Crippen LogP contribution < -0.4 is 10.5 Å². The molecule has 0 aliphatic carbocycles. The summed E-state index contributed by atoms with van der Waals surface area (Å²) in [5.41, 5.74) is 6.59. The van der Waals surface area contributed by atoms with Crippen molar-refractivity contribution in [3.05, 3.63) is 22.7 Å². The van der Waals surface area contributed by atoms with Crippen molar-refractivity contribution in [3.8, 4) is 0 Å². The van der Waals surface area contributed by atoms with Gasteiger partial charge in [0.15, 0.2) is 0 Å². The molecule has 0 aliphatic heterocycles. The van der Waals surface area contributed by atoms with Gasteiger partial charge in [0.05, 0.1) is 15.6 Å². The summed E-state index contributed by atoms with van der Waals surface area (Å²) in [6.07, 6.45) is 0.758. The Bertz CT molecular complexity index is 563. The van der Waals surface area contributed by atoms with Crippen LogP contribution in [0.25, 0.3) is 0 Å². The smallest absolute Gasteiger partial charge is 0.240 e. The quantitative estimate of drug-likeness (QED) is 0.840. The topological polar surface area (TPSA) is 72.2 Å². The number of sulfonamides is 1. The van der Waals surface area contributed by atoms with Gasteiger partial charge in [0, 0.05) is 6.54 Å². The maximum atomic E-state index is 12.2. The highest BCUT2D eigenvalue weighted by Gasteiger charge is 2.19. The van der Waals surface area contributed by atoms with E-state index >= 15 is 0 Å². The number of rotatable bonds is 4. The van der Waals surface area contributed by atoms with Gasteiger partial charge >= 0.3 is 0 Å². The van der Waals surface area contributed by atoms with Crippen LogP contribution in [-0.4, -0.2) is 15.0 Å². The van der Waals surface area contributed by atoms with Crippen molar-refractivity contribution in [1.29, 1.82) is 0 Å². The number of aryl methyl sites for hydroxylation is 1. The molecule has 6 heteroatoms. The lowest BCUT2D eigenvalue weighted by atomic mass is 9.93. The largest absolute Gasteiger partial charge is 0.397 e. The van der Waals surface area contributed by atoms with E-state index in [-0.39, 0.29) is 16.0 Å². The average molecular weight is 305 g/mol. The van der Waals surface area contributed by atoms with Crippen molar-refractivity contribution in [2.45, 2.75) is 39.0 Å². The summed E-state index contributed by atoms with van der Waals surface area (Å²) in [6, 6.07) is 2.96. The molecular formula is C13H21ClN2O2S. The van der Waals surface area contributed by atoms with E-state index in [2.05, 4.69) is 25.5 Å². The second-order valence-electron chi connectivity index (χ2n) is 5.85. The van der Waals surface area contributed by atoms with Gasteiger partial charge in [-0.2, -0.15) is 0 Å². The number of nitrogens with one attached hydrogen (secondary N) is 1. The third-order valence-corrected chi connectivity index (χ3v) is 4.68. The minimum absolute atomic E-state index is 0.0799. The zero-order chi connectivity index (χ0) is 14.8. The highest BCUT2D eigenvalue weighted by molar-refractivity contribution is 7.89. The summed E-state index contributed by atoms with van der Waals surface area (Å²) in [5, 5.41) is 0.367. The Morgan fingerprint density at radius 2 is 1.89 bits per heavy atom. The van der Waals surface area contributed by atoms with Crippen molar-refractivity contribution in [1.82, 2.24) is 4.72 Å². The first-order valence-electron chi connectivity index (χ1n) is 6.08. The number of nitrogens with two attached hydrogens (primary N) is 1. The fourth-order valence-electron chi connectivity index (χ4n) is 1.60. The molecule has 0 unspecified atom stereocenters. The van der Waals surface area contributed by atoms with Crippen LogP contribution >= 0.6 is 11.6 Å². The van der Waals surface area contributed by atoms with E-state index in [1.807, 2.05) is 0 Å². The normalized spacial score (nSPS) is 12.7. The van der Waals surface area contributed by atoms with Crippen LogP contribution in [0.3, 0.4) is 0 Å². The maximum absolute atomic E-state index is 12.2. The number of halogens is 1. The lowest BCUT2D eigenvalue weighted by molar-refractivity contribution is 0.378. The van der Waals surface area contributed by atoms with E-state index in [9.17, 15) is 8.42 Å². The summed E-state index contributed by atoms with van der Waals surface area (Å²) in [4.78, 5) is 0.184. The van der Waals surface area contributed by atoms with Crippen LogP contribution in [0, 0.1) is 12.3 Å². The monoisotopic (exact) mass is 304 g/mol. The molecule has 4 nitrogen and oxygen atoms in total. The van der Waals surface area contributed by atoms with Crippen LogP contribution in [0.15, 0.2) is 17.0 Å². The molecule has 1 aromatic rings. The number of hydrogen-bond acceptors (Lipinski definition) is 3. The molecule has 0 amide bonds. The number of benzene rings is 1. The summed E-state index contributed by atoms with van der Waals surface area (Å²) < 4.78 is 27.0. The van der Waals surface area contributed by atoms with Gasteiger partial charge in [-0.05, 0) is 36.5 Å². The van der Waals surface area contributed by atoms with Gasteiger partial charge in [0.1, 0.15) is 0 Å². The van der Waals surface area contributed by atoms with Gasteiger partial charge in [-0.3, -0.25) is 0 Å². The summed E-state index contributed by atoms with van der Waals surface area (Å²) in [6.45, 7) is 8.28. The van der Waals surface area contributed by atoms with Crippen molar-refractivity contribution in [2.75, 3.05) is 12.3 Å². The van der Waals surface area contributed by atoms with E-state index in [1.54, 1.807) is 13.0 Å². The molecule has 0 fully saturated rings. The number of anilines is 1. The molecule has 0 radical (unpaired) electrons. The Morgan fingerprint density at radius 3 is 2.42 bits per heavy atom. The Labute approximate surface area is 120 Å². The van der Waals surface area contributed by atoms with E-state index in [1.165, 1.54) is 6.07 Å². The van der Waals surface area contributed by atoms with Crippen molar-refractivity contribution in [2.24, 2.45) is 5.41 Å². The fraction of sp³-hybridized carbons (Fsp3) is 0.538. The van der Waals surface area contributed by atoms with Crippen LogP contribution in [0.4, 0.5) is 5.69 Å². The van der Waals surface area contributed by atoms with Gasteiger partial charge in [0.25, 0.3) is 0 Å². The Morgan fingerprint density at radius 1 is 1.32 bits per heavy atom. The standard InChI is InChI=1S/C13H21ClN2O2S/c1-9-7-10(14)11(15)8-12(9)19(17,18)16-6-5-13(2,3)4/h7-8,16H,5-6,15H2,1-4H3. The zero-order valence-electron chi connectivity index (χ0n) is 11.7. The van der Waals surface area contributed by atoms with E-state index in [0.29, 0.717) is 17.1 Å². The first-order chi connectivity index (χ1) is 8.53. The SMILES string of the molecule is Cc1cc(Cl)c(N)cc1S(=O)(=O)NCCC(C)(C)C. The third kappa shape index (κ3) is 4.67. The van der Waals surface area contributed by atoms with E-state index in [0.717, 1.165) is 6.42 Å². The van der Waals surface area contributed by atoms with Gasteiger partial charge < -0.3 is 5.73 Å². The summed E-state index contributed by atoms with van der Waals surface area (Å²) >= 11 is 5.86. The molecular weight excluding hydrogens is 284 g/mol. The van der Waals surface area contributed by atoms with Gasteiger partial charge in [-0.25, -0.2) is 13.1 Å². The molecule has 0 atom stereocenters. The lowest BCUT2D eigenvalue weighted by Crippen LogP contribution is -2.28. The molecule has 3 N–H and O–H groups in total. The number of hydrogen-bond donors (Lipinski definition) is 2. The second-order valence-corrected chi connectivity index (χ2v) is 7.99. The van der Waals surface area contributed by atoms with Crippen molar-refractivity contribution < 1.29 is 8.42 Å². The van der Waals surface area contributed by atoms with E-state index < -0.39 is 10.0 Å². The lowest BCUT2D eigenvalue weighted by Gasteiger charge is -2.18. The average Bonchev–Trinajstić information content (AvgIpc) is 2.20. The first-order valence-corrected chi connectivity index (χ1v) is 7.94.